The van der Waals surface area contributed by atoms with Crippen molar-refractivity contribution in [3.63, 3.8) is 0 Å². The highest BCUT2D eigenvalue weighted by Gasteiger charge is 2.06. The van der Waals surface area contributed by atoms with Crippen molar-refractivity contribution >= 4 is 21.6 Å². The minimum absolute atomic E-state index is 0.107. The molecule has 1 aromatic carbocycles. The van der Waals surface area contributed by atoms with Gasteiger partial charge in [-0.25, -0.2) is 4.98 Å². The molecule has 2 rings (SSSR count). The van der Waals surface area contributed by atoms with Gasteiger partial charge in [0.2, 0.25) is 0 Å². The molecule has 0 unspecified atom stereocenters. The second-order valence-corrected chi connectivity index (χ2v) is 3.98. The second kappa shape index (κ2) is 4.80. The molecule has 1 heterocycles. The SMILES string of the molecule is N#Cc1ccnc(Oc2cc(N)ccc2Br)n1. The normalized spacial score (nSPS) is 9.65. The third-order valence-electron chi connectivity index (χ3n) is 1.90. The zero-order valence-corrected chi connectivity index (χ0v) is 10.2. The summed E-state index contributed by atoms with van der Waals surface area (Å²) in [5.74, 6) is 0.500. The number of nitriles is 1. The molecule has 0 bridgehead atoms. The van der Waals surface area contributed by atoms with Crippen LogP contribution in [-0.4, -0.2) is 9.97 Å². The third kappa shape index (κ3) is 2.71. The molecule has 0 fully saturated rings. The summed E-state index contributed by atoms with van der Waals surface area (Å²) >= 11 is 3.32. The molecule has 1 aromatic heterocycles. The van der Waals surface area contributed by atoms with Crippen LogP contribution in [-0.2, 0) is 0 Å². The average Bonchev–Trinajstić information content (AvgIpc) is 2.34. The van der Waals surface area contributed by atoms with Crippen molar-refractivity contribution in [1.29, 1.82) is 5.26 Å². The van der Waals surface area contributed by atoms with Gasteiger partial charge in [-0.15, -0.1) is 0 Å². The number of benzene rings is 1. The molecule has 0 saturated heterocycles. The van der Waals surface area contributed by atoms with Gasteiger partial charge in [-0.05, 0) is 34.1 Å². The first kappa shape index (κ1) is 11.4. The third-order valence-corrected chi connectivity index (χ3v) is 2.56. The van der Waals surface area contributed by atoms with Crippen molar-refractivity contribution < 1.29 is 4.74 Å². The van der Waals surface area contributed by atoms with Crippen LogP contribution < -0.4 is 10.5 Å². The Hall–Kier alpha value is -2.13. The second-order valence-electron chi connectivity index (χ2n) is 3.13. The highest BCUT2D eigenvalue weighted by molar-refractivity contribution is 9.10. The molecule has 0 aliphatic heterocycles. The van der Waals surface area contributed by atoms with Gasteiger partial charge >= 0.3 is 6.01 Å². The maximum Gasteiger partial charge on any atom is 0.323 e. The molecule has 5 nitrogen and oxygen atoms in total. The van der Waals surface area contributed by atoms with Crippen LogP contribution in [0.15, 0.2) is 34.9 Å². The smallest absolute Gasteiger partial charge is 0.323 e. The van der Waals surface area contributed by atoms with E-state index < -0.39 is 0 Å². The summed E-state index contributed by atoms with van der Waals surface area (Å²) < 4.78 is 6.17. The molecule has 0 aliphatic carbocycles. The number of aromatic nitrogens is 2. The Bertz CT molecular complexity index is 594. The summed E-state index contributed by atoms with van der Waals surface area (Å²) in [6.45, 7) is 0. The Balaban J connectivity index is 2.31. The van der Waals surface area contributed by atoms with Gasteiger partial charge in [0, 0.05) is 18.0 Å². The lowest BCUT2D eigenvalue weighted by Crippen LogP contribution is -1.95. The van der Waals surface area contributed by atoms with Crippen molar-refractivity contribution in [3.8, 4) is 17.8 Å². The molecule has 0 aliphatic rings. The first-order valence-electron chi connectivity index (χ1n) is 4.65. The predicted octanol–water partition coefficient (Wildman–Crippen LogP) is 2.49. The van der Waals surface area contributed by atoms with Crippen LogP contribution in [0.4, 0.5) is 5.69 Å². The highest BCUT2D eigenvalue weighted by atomic mass is 79.9. The monoisotopic (exact) mass is 290 g/mol. The molecule has 0 atom stereocenters. The van der Waals surface area contributed by atoms with E-state index in [1.165, 1.54) is 12.3 Å². The number of anilines is 1. The summed E-state index contributed by atoms with van der Waals surface area (Å²) in [7, 11) is 0. The van der Waals surface area contributed by atoms with Crippen LogP contribution in [0, 0.1) is 11.3 Å². The molecule has 0 radical (unpaired) electrons. The number of halogens is 1. The predicted molar refractivity (Wildman–Crippen MR) is 65.4 cm³/mol. The first-order chi connectivity index (χ1) is 8.19. The van der Waals surface area contributed by atoms with Gasteiger partial charge < -0.3 is 10.5 Å². The molecule has 0 spiro atoms. The zero-order chi connectivity index (χ0) is 12.3. The van der Waals surface area contributed by atoms with Crippen LogP contribution >= 0.6 is 15.9 Å². The van der Waals surface area contributed by atoms with Gasteiger partial charge in [0.15, 0.2) is 0 Å². The molecule has 0 amide bonds. The number of rotatable bonds is 2. The Morgan fingerprint density at radius 3 is 2.94 bits per heavy atom. The van der Waals surface area contributed by atoms with Crippen LogP contribution in [0.25, 0.3) is 0 Å². The van der Waals surface area contributed by atoms with Crippen LogP contribution in [0.1, 0.15) is 5.69 Å². The number of nitrogens with two attached hydrogens (primary N) is 1. The minimum Gasteiger partial charge on any atom is -0.423 e. The molecule has 2 aromatic rings. The van der Waals surface area contributed by atoms with E-state index in [4.69, 9.17) is 15.7 Å². The van der Waals surface area contributed by atoms with Crippen molar-refractivity contribution in [3.05, 3.63) is 40.6 Å². The lowest BCUT2D eigenvalue weighted by atomic mass is 10.3. The van der Waals surface area contributed by atoms with Crippen molar-refractivity contribution in [2.45, 2.75) is 0 Å². The largest absolute Gasteiger partial charge is 0.423 e. The minimum atomic E-state index is 0.107. The van der Waals surface area contributed by atoms with Gasteiger partial charge in [-0.3, -0.25) is 0 Å². The molecule has 6 heteroatoms. The van der Waals surface area contributed by atoms with Crippen molar-refractivity contribution in [2.24, 2.45) is 0 Å². The van der Waals surface area contributed by atoms with E-state index in [0.717, 1.165) is 4.47 Å². The lowest BCUT2D eigenvalue weighted by molar-refractivity contribution is 0.439. The van der Waals surface area contributed by atoms with Crippen LogP contribution in [0.2, 0.25) is 0 Å². The lowest BCUT2D eigenvalue weighted by Gasteiger charge is -2.06. The molecule has 2 N–H and O–H groups in total. The van der Waals surface area contributed by atoms with Gasteiger partial charge in [-0.2, -0.15) is 10.2 Å². The molecular formula is C11H7BrN4O. The molecular weight excluding hydrogens is 284 g/mol. The Morgan fingerprint density at radius 1 is 1.35 bits per heavy atom. The molecule has 17 heavy (non-hydrogen) atoms. The van der Waals surface area contributed by atoms with Crippen molar-refractivity contribution in [2.75, 3.05) is 5.73 Å². The summed E-state index contributed by atoms with van der Waals surface area (Å²) in [6, 6.07) is 8.67. The average molecular weight is 291 g/mol. The number of hydrogen-bond acceptors (Lipinski definition) is 5. The fraction of sp³-hybridized carbons (Fsp3) is 0. The van der Waals surface area contributed by atoms with Crippen LogP contribution in [0.5, 0.6) is 11.8 Å². The van der Waals surface area contributed by atoms with Crippen molar-refractivity contribution in [1.82, 2.24) is 9.97 Å². The van der Waals surface area contributed by atoms with E-state index in [2.05, 4.69) is 25.9 Å². The first-order valence-corrected chi connectivity index (χ1v) is 5.44. The van der Waals surface area contributed by atoms with Gasteiger partial charge in [0.1, 0.15) is 17.5 Å². The maximum atomic E-state index is 8.70. The zero-order valence-electron chi connectivity index (χ0n) is 8.59. The van der Waals surface area contributed by atoms with Gasteiger partial charge in [0.25, 0.3) is 0 Å². The Kier molecular flexibility index (Phi) is 3.21. The number of ether oxygens (including phenoxy) is 1. The quantitative estimate of drug-likeness (QED) is 0.859. The van der Waals surface area contributed by atoms with E-state index in [0.29, 0.717) is 11.4 Å². The highest BCUT2D eigenvalue weighted by Crippen LogP contribution is 2.29. The summed E-state index contributed by atoms with van der Waals surface area (Å²) in [6.07, 6.45) is 1.46. The van der Waals surface area contributed by atoms with E-state index in [-0.39, 0.29) is 11.7 Å². The molecule has 84 valence electrons. The number of nitrogens with zero attached hydrogens (tertiary/aromatic N) is 3. The van der Waals surface area contributed by atoms with Gasteiger partial charge in [-0.1, -0.05) is 0 Å². The van der Waals surface area contributed by atoms with E-state index in [1.54, 1.807) is 18.2 Å². The summed E-state index contributed by atoms with van der Waals surface area (Å²) in [5, 5.41) is 8.70. The number of hydrogen-bond donors (Lipinski definition) is 1. The maximum absolute atomic E-state index is 8.70. The summed E-state index contributed by atoms with van der Waals surface area (Å²) in [4.78, 5) is 7.81. The summed E-state index contributed by atoms with van der Waals surface area (Å²) in [5.41, 5.74) is 6.46. The van der Waals surface area contributed by atoms with Gasteiger partial charge in [0.05, 0.1) is 4.47 Å². The Labute approximate surface area is 106 Å². The fourth-order valence-corrected chi connectivity index (χ4v) is 1.48. The van der Waals surface area contributed by atoms with E-state index in [1.807, 2.05) is 6.07 Å². The topological polar surface area (TPSA) is 84.8 Å². The Morgan fingerprint density at radius 2 is 2.18 bits per heavy atom. The van der Waals surface area contributed by atoms with E-state index >= 15 is 0 Å². The van der Waals surface area contributed by atoms with E-state index in [9.17, 15) is 0 Å². The van der Waals surface area contributed by atoms with Crippen LogP contribution in [0.3, 0.4) is 0 Å². The standard InChI is InChI=1S/C11H7BrN4O/c12-9-2-1-7(14)5-10(9)17-11-15-4-3-8(6-13)16-11/h1-5H,14H2. The molecule has 0 saturated carbocycles. The number of nitrogen functional groups attached to an aromatic ring is 1. The fourth-order valence-electron chi connectivity index (χ4n) is 1.15.